The van der Waals surface area contributed by atoms with Crippen LogP contribution in [0.4, 0.5) is 0 Å². The lowest BCUT2D eigenvalue weighted by Crippen LogP contribution is -2.24. The monoisotopic (exact) mass is 236 g/mol. The fourth-order valence-electron chi connectivity index (χ4n) is 2.06. The predicted octanol–water partition coefficient (Wildman–Crippen LogP) is 4.06. The van der Waals surface area contributed by atoms with Gasteiger partial charge in [0, 0.05) is 5.56 Å². The average Bonchev–Trinajstić information content (AvgIpc) is 2.21. The molecule has 17 heavy (non-hydrogen) atoms. The zero-order valence-electron chi connectivity index (χ0n) is 12.1. The standard InChI is InChI=1S/C15H24O2/c1-8-12-11(4)14(17-15(5,6)7)10(3)9(2)13(12)16/h16H,8H2,1-7H3. The van der Waals surface area contributed by atoms with E-state index >= 15 is 0 Å². The van der Waals surface area contributed by atoms with Gasteiger partial charge in [0.25, 0.3) is 0 Å². The molecule has 2 heteroatoms. The van der Waals surface area contributed by atoms with Gasteiger partial charge in [0.2, 0.25) is 0 Å². The number of hydrogen-bond donors (Lipinski definition) is 1. The fourth-order valence-corrected chi connectivity index (χ4v) is 2.06. The van der Waals surface area contributed by atoms with Crippen molar-refractivity contribution in [2.75, 3.05) is 0 Å². The van der Waals surface area contributed by atoms with Crippen LogP contribution in [0.15, 0.2) is 0 Å². The molecule has 0 heterocycles. The topological polar surface area (TPSA) is 29.5 Å². The first-order valence-electron chi connectivity index (χ1n) is 6.19. The highest BCUT2D eigenvalue weighted by Gasteiger charge is 2.21. The molecule has 1 N–H and O–H groups in total. The second kappa shape index (κ2) is 4.59. The number of ether oxygens (including phenoxy) is 1. The molecule has 0 spiro atoms. The average molecular weight is 236 g/mol. The van der Waals surface area contributed by atoms with Gasteiger partial charge in [-0.3, -0.25) is 0 Å². The maximum Gasteiger partial charge on any atom is 0.126 e. The van der Waals surface area contributed by atoms with Gasteiger partial charge in [-0.2, -0.15) is 0 Å². The van der Waals surface area contributed by atoms with Crippen molar-refractivity contribution in [3.63, 3.8) is 0 Å². The Bertz CT molecular complexity index is 426. The Labute approximate surface area is 105 Å². The number of aromatic hydroxyl groups is 1. The van der Waals surface area contributed by atoms with Gasteiger partial charge < -0.3 is 9.84 Å². The van der Waals surface area contributed by atoms with Crippen molar-refractivity contribution >= 4 is 0 Å². The first kappa shape index (κ1) is 13.9. The number of phenols is 1. The van der Waals surface area contributed by atoms with Gasteiger partial charge in [0.1, 0.15) is 17.1 Å². The quantitative estimate of drug-likeness (QED) is 0.839. The first-order chi connectivity index (χ1) is 7.69. The summed E-state index contributed by atoms with van der Waals surface area (Å²) in [5.41, 5.74) is 3.79. The van der Waals surface area contributed by atoms with E-state index in [1.165, 1.54) is 0 Å². The summed E-state index contributed by atoms with van der Waals surface area (Å²) in [4.78, 5) is 0. The van der Waals surface area contributed by atoms with Crippen molar-refractivity contribution in [1.29, 1.82) is 0 Å². The number of benzene rings is 1. The fraction of sp³-hybridized carbons (Fsp3) is 0.600. The molecule has 0 aromatic heterocycles. The first-order valence-corrected chi connectivity index (χ1v) is 6.19. The molecule has 0 aliphatic carbocycles. The lowest BCUT2D eigenvalue weighted by molar-refractivity contribution is 0.128. The van der Waals surface area contributed by atoms with Gasteiger partial charge in [-0.05, 0) is 64.7 Å². The van der Waals surface area contributed by atoms with Crippen LogP contribution in [0.2, 0.25) is 0 Å². The summed E-state index contributed by atoms with van der Waals surface area (Å²) >= 11 is 0. The van der Waals surface area contributed by atoms with Crippen LogP contribution in [0.3, 0.4) is 0 Å². The van der Waals surface area contributed by atoms with E-state index in [2.05, 4.69) is 6.92 Å². The minimum atomic E-state index is -0.218. The molecule has 2 nitrogen and oxygen atoms in total. The van der Waals surface area contributed by atoms with Gasteiger partial charge in [-0.1, -0.05) is 6.92 Å². The van der Waals surface area contributed by atoms with E-state index in [4.69, 9.17) is 4.74 Å². The molecule has 0 saturated carbocycles. The molecule has 0 bridgehead atoms. The number of rotatable bonds is 2. The Kier molecular flexibility index (Phi) is 3.75. The second-order valence-electron chi connectivity index (χ2n) is 5.60. The zero-order valence-corrected chi connectivity index (χ0v) is 12.1. The van der Waals surface area contributed by atoms with Crippen molar-refractivity contribution in [2.45, 2.75) is 60.5 Å². The minimum absolute atomic E-state index is 0.218. The SMILES string of the molecule is CCc1c(C)c(OC(C)(C)C)c(C)c(C)c1O. The highest BCUT2D eigenvalue weighted by atomic mass is 16.5. The summed E-state index contributed by atoms with van der Waals surface area (Å²) in [6, 6.07) is 0. The van der Waals surface area contributed by atoms with Crippen LogP contribution in [0, 0.1) is 20.8 Å². The molecule has 0 saturated heterocycles. The third-order valence-corrected chi connectivity index (χ3v) is 3.10. The maximum absolute atomic E-state index is 10.1. The Balaban J connectivity index is 3.45. The van der Waals surface area contributed by atoms with E-state index in [1.54, 1.807) is 0 Å². The Morgan fingerprint density at radius 1 is 1.00 bits per heavy atom. The van der Waals surface area contributed by atoms with Crippen molar-refractivity contribution in [2.24, 2.45) is 0 Å². The molecule has 0 atom stereocenters. The van der Waals surface area contributed by atoms with Gasteiger partial charge in [0.15, 0.2) is 0 Å². The Morgan fingerprint density at radius 3 is 1.94 bits per heavy atom. The molecular weight excluding hydrogens is 212 g/mol. The summed E-state index contributed by atoms with van der Waals surface area (Å²) in [5, 5.41) is 10.1. The summed E-state index contributed by atoms with van der Waals surface area (Å²) in [5.74, 6) is 1.34. The van der Waals surface area contributed by atoms with E-state index < -0.39 is 0 Å². The van der Waals surface area contributed by atoms with E-state index in [-0.39, 0.29) is 5.60 Å². The zero-order chi connectivity index (χ0) is 13.4. The van der Waals surface area contributed by atoms with E-state index in [1.807, 2.05) is 41.5 Å². The van der Waals surface area contributed by atoms with Crippen LogP contribution in [-0.4, -0.2) is 10.7 Å². The molecule has 0 aliphatic heterocycles. The molecule has 1 aromatic rings. The van der Waals surface area contributed by atoms with E-state index in [9.17, 15) is 5.11 Å². The van der Waals surface area contributed by atoms with Crippen LogP contribution in [0.1, 0.15) is 49.9 Å². The van der Waals surface area contributed by atoms with Crippen molar-refractivity contribution < 1.29 is 9.84 Å². The van der Waals surface area contributed by atoms with E-state index in [0.717, 1.165) is 34.4 Å². The molecule has 0 unspecified atom stereocenters. The minimum Gasteiger partial charge on any atom is -0.507 e. The normalized spacial score (nSPS) is 11.7. The smallest absolute Gasteiger partial charge is 0.126 e. The molecule has 1 rings (SSSR count). The van der Waals surface area contributed by atoms with Crippen LogP contribution in [0.5, 0.6) is 11.5 Å². The molecule has 1 aromatic carbocycles. The summed E-state index contributed by atoms with van der Waals surface area (Å²) < 4.78 is 6.03. The molecule has 0 radical (unpaired) electrons. The largest absolute Gasteiger partial charge is 0.507 e. The molecule has 96 valence electrons. The van der Waals surface area contributed by atoms with Crippen molar-refractivity contribution in [3.05, 3.63) is 22.3 Å². The van der Waals surface area contributed by atoms with E-state index in [0.29, 0.717) is 5.75 Å². The Hall–Kier alpha value is -1.18. The number of phenolic OH excluding ortho intramolecular Hbond substituents is 1. The van der Waals surface area contributed by atoms with Crippen molar-refractivity contribution in [1.82, 2.24) is 0 Å². The van der Waals surface area contributed by atoms with Gasteiger partial charge in [-0.25, -0.2) is 0 Å². The maximum atomic E-state index is 10.1. The molecule has 0 fully saturated rings. The highest BCUT2D eigenvalue weighted by molar-refractivity contribution is 5.57. The van der Waals surface area contributed by atoms with Crippen LogP contribution >= 0.6 is 0 Å². The Morgan fingerprint density at radius 2 is 1.53 bits per heavy atom. The summed E-state index contributed by atoms with van der Waals surface area (Å²) in [6.07, 6.45) is 0.819. The van der Waals surface area contributed by atoms with Crippen LogP contribution < -0.4 is 4.74 Å². The van der Waals surface area contributed by atoms with Gasteiger partial charge in [0.05, 0.1) is 0 Å². The van der Waals surface area contributed by atoms with Crippen LogP contribution in [0.25, 0.3) is 0 Å². The van der Waals surface area contributed by atoms with Gasteiger partial charge in [-0.15, -0.1) is 0 Å². The molecule has 0 amide bonds. The van der Waals surface area contributed by atoms with Gasteiger partial charge >= 0.3 is 0 Å². The second-order valence-corrected chi connectivity index (χ2v) is 5.60. The van der Waals surface area contributed by atoms with Crippen molar-refractivity contribution in [3.8, 4) is 11.5 Å². The lowest BCUT2D eigenvalue weighted by Gasteiger charge is -2.26. The lowest BCUT2D eigenvalue weighted by atomic mass is 9.95. The summed E-state index contributed by atoms with van der Waals surface area (Å²) in [6.45, 7) is 14.1. The number of hydrogen-bond acceptors (Lipinski definition) is 2. The molecular formula is C15H24O2. The highest BCUT2D eigenvalue weighted by Crippen LogP contribution is 2.38. The molecule has 0 aliphatic rings. The third kappa shape index (κ3) is 2.74. The van der Waals surface area contributed by atoms with Crippen LogP contribution in [-0.2, 0) is 6.42 Å². The summed E-state index contributed by atoms with van der Waals surface area (Å²) in [7, 11) is 0. The third-order valence-electron chi connectivity index (χ3n) is 3.10. The predicted molar refractivity (Wildman–Crippen MR) is 72.1 cm³/mol.